The van der Waals surface area contributed by atoms with Crippen LogP contribution in [-0.2, 0) is 16.3 Å². The van der Waals surface area contributed by atoms with E-state index >= 15 is 0 Å². The second kappa shape index (κ2) is 6.22. The van der Waals surface area contributed by atoms with Crippen LogP contribution < -0.4 is 5.73 Å². The van der Waals surface area contributed by atoms with E-state index in [1.807, 2.05) is 6.07 Å². The van der Waals surface area contributed by atoms with Gasteiger partial charge in [-0.3, -0.25) is 4.98 Å². The van der Waals surface area contributed by atoms with E-state index in [9.17, 15) is 8.42 Å². The zero-order chi connectivity index (χ0) is 14.8. The van der Waals surface area contributed by atoms with Crippen molar-refractivity contribution in [1.82, 2.24) is 4.98 Å². The number of rotatable bonds is 4. The van der Waals surface area contributed by atoms with Gasteiger partial charge in [0, 0.05) is 12.5 Å². The Morgan fingerprint density at radius 1 is 1.45 bits per heavy atom. The van der Waals surface area contributed by atoms with E-state index in [4.69, 9.17) is 5.73 Å². The Hall–Kier alpha value is -0.940. The van der Waals surface area contributed by atoms with Crippen molar-refractivity contribution in [2.45, 2.75) is 50.3 Å². The van der Waals surface area contributed by atoms with Gasteiger partial charge in [-0.25, -0.2) is 8.42 Å². The predicted molar refractivity (Wildman–Crippen MR) is 81.1 cm³/mol. The molecule has 1 heterocycles. The van der Waals surface area contributed by atoms with Crippen LogP contribution >= 0.6 is 0 Å². The summed E-state index contributed by atoms with van der Waals surface area (Å²) in [5, 5.41) is -0.235. The first kappa shape index (κ1) is 15.4. The van der Waals surface area contributed by atoms with Gasteiger partial charge in [-0.15, -0.1) is 0 Å². The number of nitrogens with zero attached hydrogens (tertiary/aromatic N) is 1. The average molecular weight is 296 g/mol. The lowest BCUT2D eigenvalue weighted by Gasteiger charge is -2.32. The summed E-state index contributed by atoms with van der Waals surface area (Å²) in [7, 11) is -2.97. The molecule has 2 rings (SSSR count). The molecule has 2 N–H and O–H groups in total. The van der Waals surface area contributed by atoms with Gasteiger partial charge < -0.3 is 5.73 Å². The van der Waals surface area contributed by atoms with Crippen molar-refractivity contribution in [2.75, 3.05) is 6.26 Å². The molecule has 112 valence electrons. The molecule has 0 radical (unpaired) electrons. The first-order valence-corrected chi connectivity index (χ1v) is 9.27. The number of pyridine rings is 1. The maximum Gasteiger partial charge on any atom is 0.150 e. The van der Waals surface area contributed by atoms with E-state index in [-0.39, 0.29) is 17.2 Å². The van der Waals surface area contributed by atoms with Crippen LogP contribution in [0.1, 0.15) is 49.9 Å². The molecule has 3 atom stereocenters. The SMILES string of the molecule is CCc1cccnc1C(N)C1CCCC(S(C)(=O)=O)C1. The van der Waals surface area contributed by atoms with E-state index in [2.05, 4.69) is 18.0 Å². The largest absolute Gasteiger partial charge is 0.322 e. The van der Waals surface area contributed by atoms with Crippen molar-refractivity contribution >= 4 is 9.84 Å². The predicted octanol–water partition coefficient (Wildman–Crippen LogP) is 2.25. The summed E-state index contributed by atoms with van der Waals surface area (Å²) in [6, 6.07) is 3.82. The Balaban J connectivity index is 2.18. The van der Waals surface area contributed by atoms with Crippen LogP contribution in [0.3, 0.4) is 0 Å². The van der Waals surface area contributed by atoms with Gasteiger partial charge in [0.05, 0.1) is 17.0 Å². The molecular formula is C15H24N2O2S. The van der Waals surface area contributed by atoms with Gasteiger partial charge in [0.15, 0.2) is 0 Å². The Kier molecular flexibility index (Phi) is 4.81. The maximum absolute atomic E-state index is 11.8. The van der Waals surface area contributed by atoms with Crippen LogP contribution in [0.25, 0.3) is 0 Å². The van der Waals surface area contributed by atoms with Gasteiger partial charge in [0.25, 0.3) is 0 Å². The molecule has 1 fully saturated rings. The summed E-state index contributed by atoms with van der Waals surface area (Å²) in [6.45, 7) is 2.09. The normalized spacial score (nSPS) is 25.4. The molecule has 0 saturated heterocycles. The molecule has 1 aliphatic carbocycles. The quantitative estimate of drug-likeness (QED) is 0.925. The molecule has 0 bridgehead atoms. The minimum absolute atomic E-state index is 0.157. The lowest BCUT2D eigenvalue weighted by atomic mass is 9.81. The van der Waals surface area contributed by atoms with Gasteiger partial charge in [0.1, 0.15) is 9.84 Å². The highest BCUT2D eigenvalue weighted by atomic mass is 32.2. The third kappa shape index (κ3) is 3.38. The zero-order valence-corrected chi connectivity index (χ0v) is 13.1. The molecule has 5 heteroatoms. The monoisotopic (exact) mass is 296 g/mol. The first-order chi connectivity index (χ1) is 9.43. The number of nitrogens with two attached hydrogens (primary N) is 1. The third-order valence-corrected chi connectivity index (χ3v) is 6.04. The smallest absolute Gasteiger partial charge is 0.150 e. The molecule has 20 heavy (non-hydrogen) atoms. The first-order valence-electron chi connectivity index (χ1n) is 7.31. The fourth-order valence-corrected chi connectivity index (χ4v) is 4.36. The number of hydrogen-bond donors (Lipinski definition) is 1. The lowest BCUT2D eigenvalue weighted by Crippen LogP contribution is -2.33. The highest BCUT2D eigenvalue weighted by molar-refractivity contribution is 7.91. The minimum atomic E-state index is -2.97. The van der Waals surface area contributed by atoms with Gasteiger partial charge in [-0.2, -0.15) is 0 Å². The molecule has 0 aliphatic heterocycles. The molecule has 1 aliphatic rings. The standard InChI is InChI=1S/C15H24N2O2S/c1-3-11-7-5-9-17-15(11)14(16)12-6-4-8-13(10-12)20(2,18)19/h5,7,9,12-14H,3-4,6,8,10,16H2,1-2H3. The zero-order valence-electron chi connectivity index (χ0n) is 12.2. The summed E-state index contributed by atoms with van der Waals surface area (Å²) < 4.78 is 23.5. The van der Waals surface area contributed by atoms with Crippen LogP contribution in [0.15, 0.2) is 18.3 Å². The van der Waals surface area contributed by atoms with Crippen LogP contribution in [0.5, 0.6) is 0 Å². The van der Waals surface area contributed by atoms with Crippen LogP contribution in [0, 0.1) is 5.92 Å². The molecule has 1 saturated carbocycles. The summed E-state index contributed by atoms with van der Waals surface area (Å²) in [5.74, 6) is 0.212. The topological polar surface area (TPSA) is 73.0 Å². The number of sulfone groups is 1. The van der Waals surface area contributed by atoms with E-state index in [1.165, 1.54) is 11.8 Å². The van der Waals surface area contributed by atoms with Crippen LogP contribution in [0.4, 0.5) is 0 Å². The Bertz CT molecular complexity index is 557. The molecule has 0 spiro atoms. The maximum atomic E-state index is 11.8. The molecule has 0 amide bonds. The molecule has 4 nitrogen and oxygen atoms in total. The summed E-state index contributed by atoms with van der Waals surface area (Å²) >= 11 is 0. The minimum Gasteiger partial charge on any atom is -0.322 e. The van der Waals surface area contributed by atoms with E-state index in [1.54, 1.807) is 6.20 Å². The summed E-state index contributed by atoms with van der Waals surface area (Å²) in [5.41, 5.74) is 8.50. The number of aryl methyl sites for hydroxylation is 1. The Morgan fingerprint density at radius 2 is 2.20 bits per heavy atom. The van der Waals surface area contributed by atoms with Crippen molar-refractivity contribution < 1.29 is 8.42 Å². The van der Waals surface area contributed by atoms with E-state index in [0.717, 1.165) is 31.4 Å². The van der Waals surface area contributed by atoms with Crippen molar-refractivity contribution in [2.24, 2.45) is 11.7 Å². The number of aromatic nitrogens is 1. The average Bonchev–Trinajstić information content (AvgIpc) is 2.45. The van der Waals surface area contributed by atoms with Gasteiger partial charge in [-0.05, 0) is 43.2 Å². The van der Waals surface area contributed by atoms with Crippen molar-refractivity contribution in [3.8, 4) is 0 Å². The van der Waals surface area contributed by atoms with Gasteiger partial charge in [-0.1, -0.05) is 19.4 Å². The van der Waals surface area contributed by atoms with Crippen molar-refractivity contribution in [3.05, 3.63) is 29.6 Å². The lowest BCUT2D eigenvalue weighted by molar-refractivity contribution is 0.304. The number of hydrogen-bond acceptors (Lipinski definition) is 4. The summed E-state index contributed by atoms with van der Waals surface area (Å²) in [4.78, 5) is 4.44. The molecule has 1 aromatic rings. The van der Waals surface area contributed by atoms with Crippen molar-refractivity contribution in [3.63, 3.8) is 0 Å². The van der Waals surface area contributed by atoms with Crippen LogP contribution in [0.2, 0.25) is 0 Å². The van der Waals surface area contributed by atoms with Crippen LogP contribution in [-0.4, -0.2) is 24.9 Å². The second-order valence-corrected chi connectivity index (χ2v) is 8.13. The van der Waals surface area contributed by atoms with Crippen molar-refractivity contribution in [1.29, 1.82) is 0 Å². The van der Waals surface area contributed by atoms with E-state index < -0.39 is 9.84 Å². The highest BCUT2D eigenvalue weighted by Crippen LogP contribution is 2.35. The highest BCUT2D eigenvalue weighted by Gasteiger charge is 2.33. The molecule has 3 unspecified atom stereocenters. The second-order valence-electron chi connectivity index (χ2n) is 5.81. The fourth-order valence-electron chi connectivity index (χ4n) is 3.17. The molecule has 0 aromatic carbocycles. The Labute approximate surface area is 121 Å². The Morgan fingerprint density at radius 3 is 2.85 bits per heavy atom. The molecule has 1 aromatic heterocycles. The van der Waals surface area contributed by atoms with E-state index in [0.29, 0.717) is 6.42 Å². The third-order valence-electron chi connectivity index (χ3n) is 4.40. The fraction of sp³-hybridized carbons (Fsp3) is 0.667. The molecular weight excluding hydrogens is 272 g/mol. The van der Waals surface area contributed by atoms with Gasteiger partial charge in [0.2, 0.25) is 0 Å². The van der Waals surface area contributed by atoms with Gasteiger partial charge >= 0.3 is 0 Å². The summed E-state index contributed by atoms with van der Waals surface area (Å²) in [6.07, 6.45) is 7.37.